The summed E-state index contributed by atoms with van der Waals surface area (Å²) in [6, 6.07) is 0. The molecule has 1 rings (SSSR count). The van der Waals surface area contributed by atoms with Gasteiger partial charge in [0.1, 0.15) is 0 Å². The molecule has 5 N–H and O–H groups in total. The van der Waals surface area contributed by atoms with E-state index in [2.05, 4.69) is 12.2 Å². The summed E-state index contributed by atoms with van der Waals surface area (Å²) in [4.78, 5) is 0. The first-order valence-corrected chi connectivity index (χ1v) is 6.95. The lowest BCUT2D eigenvalue weighted by Gasteiger charge is -2.25. The highest BCUT2D eigenvalue weighted by atomic mass is 31.1. The third-order valence-corrected chi connectivity index (χ3v) is 2.80. The maximum Gasteiger partial charge on any atom is 0.323 e. The number of hydrogen-bond donors (Lipinski definition) is 3. The summed E-state index contributed by atoms with van der Waals surface area (Å²) in [6.45, 7) is 5.23. The molecule has 1 aliphatic rings. The molecule has 1 saturated heterocycles. The molecule has 6 nitrogen and oxygen atoms in total. The molecule has 0 spiro atoms. The van der Waals surface area contributed by atoms with Crippen LogP contribution in [0.1, 0.15) is 26.2 Å². The van der Waals surface area contributed by atoms with Crippen molar-refractivity contribution < 1.29 is 13.6 Å². The van der Waals surface area contributed by atoms with Crippen LogP contribution in [0.4, 0.5) is 0 Å². The molecule has 16 heavy (non-hydrogen) atoms. The smallest absolute Gasteiger partial charge is 0.323 e. The van der Waals surface area contributed by atoms with Gasteiger partial charge in [0.15, 0.2) is 6.29 Å². The zero-order chi connectivity index (χ0) is 12.2. The number of nitrogens with one attached hydrogen (secondary N) is 1. The fourth-order valence-corrected chi connectivity index (χ4v) is 1.72. The van der Waals surface area contributed by atoms with Crippen LogP contribution in [0.5, 0.6) is 0 Å². The Labute approximate surface area is 98.0 Å². The van der Waals surface area contributed by atoms with Gasteiger partial charge in [0, 0.05) is 26.2 Å². The second-order valence-corrected chi connectivity index (χ2v) is 4.36. The van der Waals surface area contributed by atoms with E-state index in [1.165, 1.54) is 0 Å². The summed E-state index contributed by atoms with van der Waals surface area (Å²) in [7, 11) is -2.02. The Morgan fingerprint density at radius 2 is 1.81 bits per heavy atom. The largest absolute Gasteiger partial charge is 0.329 e. The Hall–Kier alpha value is 0.0300. The Morgan fingerprint density at radius 1 is 1.25 bits per heavy atom. The van der Waals surface area contributed by atoms with Crippen molar-refractivity contribution in [2.75, 3.05) is 26.2 Å². The van der Waals surface area contributed by atoms with E-state index in [1.807, 2.05) is 0 Å². The van der Waals surface area contributed by atoms with Crippen LogP contribution < -0.4 is 16.8 Å². The number of nitrogens with two attached hydrogens (primary N) is 2. The van der Waals surface area contributed by atoms with Crippen LogP contribution in [-0.4, -0.2) is 32.5 Å². The Balaban J connectivity index is 0.000000293. The van der Waals surface area contributed by atoms with E-state index < -0.39 is 8.25 Å². The first kappa shape index (κ1) is 16.0. The predicted octanol–water partition coefficient (Wildman–Crippen LogP) is 0.433. The zero-order valence-corrected chi connectivity index (χ0v) is 10.9. The molecule has 0 radical (unpaired) electrons. The Morgan fingerprint density at radius 3 is 2.19 bits per heavy atom. The van der Waals surface area contributed by atoms with Crippen molar-refractivity contribution >= 4 is 8.25 Å². The Bertz CT molecular complexity index is 171. The van der Waals surface area contributed by atoms with E-state index in [1.54, 1.807) is 0 Å². The minimum atomic E-state index is -2.02. The maximum absolute atomic E-state index is 10.2. The maximum atomic E-state index is 10.2. The highest BCUT2D eigenvalue weighted by Crippen LogP contribution is 2.41. The Kier molecular flexibility index (Phi) is 11.5. The van der Waals surface area contributed by atoms with Gasteiger partial charge in [0.2, 0.25) is 0 Å². The van der Waals surface area contributed by atoms with Gasteiger partial charge in [-0.2, -0.15) is 0 Å². The quantitative estimate of drug-likeness (QED) is 0.449. The van der Waals surface area contributed by atoms with Crippen LogP contribution >= 0.6 is 8.25 Å². The fourth-order valence-electron chi connectivity index (χ4n) is 1.04. The summed E-state index contributed by atoms with van der Waals surface area (Å²) in [5.74, 6) is 0. The molecule has 0 aromatic carbocycles. The van der Waals surface area contributed by atoms with Gasteiger partial charge < -0.3 is 16.8 Å². The summed E-state index contributed by atoms with van der Waals surface area (Å²) in [5.41, 5.74) is 10.3. The fraction of sp³-hybridized carbons (Fsp3) is 1.00. The average molecular weight is 253 g/mol. The molecule has 0 bridgehead atoms. The summed E-state index contributed by atoms with van der Waals surface area (Å²) in [6.07, 6.45) is 2.94. The predicted molar refractivity (Wildman–Crippen MR) is 65.5 cm³/mol. The van der Waals surface area contributed by atoms with Crippen LogP contribution in [0.25, 0.3) is 0 Å². The van der Waals surface area contributed by atoms with Gasteiger partial charge in [0.05, 0.1) is 0 Å². The third kappa shape index (κ3) is 9.27. The molecule has 1 aliphatic heterocycles. The second-order valence-electron chi connectivity index (χ2n) is 3.38. The van der Waals surface area contributed by atoms with Crippen molar-refractivity contribution in [3.8, 4) is 0 Å². The summed E-state index contributed by atoms with van der Waals surface area (Å²) < 4.78 is 19.7. The van der Waals surface area contributed by atoms with Crippen LogP contribution in [0.15, 0.2) is 0 Å². The minimum Gasteiger partial charge on any atom is -0.329 e. The molecule has 1 fully saturated rings. The lowest BCUT2D eigenvalue weighted by Crippen LogP contribution is -2.27. The van der Waals surface area contributed by atoms with Crippen molar-refractivity contribution in [3.63, 3.8) is 0 Å². The lowest BCUT2D eigenvalue weighted by molar-refractivity contribution is -0.0821. The molecule has 0 unspecified atom stereocenters. The lowest BCUT2D eigenvalue weighted by atomic mass is 10.2. The van der Waals surface area contributed by atoms with Crippen LogP contribution in [0, 0.1) is 0 Å². The summed E-state index contributed by atoms with van der Waals surface area (Å²) >= 11 is 0. The molecule has 0 atom stereocenters. The molecule has 1 heterocycles. The molecule has 7 heteroatoms. The average Bonchev–Trinajstić information content (AvgIpc) is 2.25. The van der Waals surface area contributed by atoms with E-state index in [4.69, 9.17) is 20.5 Å². The van der Waals surface area contributed by atoms with E-state index >= 15 is 0 Å². The van der Waals surface area contributed by atoms with Crippen molar-refractivity contribution in [3.05, 3.63) is 0 Å². The number of unbranched alkanes of at least 4 members (excludes halogenated alkanes) is 1. The first-order valence-electron chi connectivity index (χ1n) is 5.72. The van der Waals surface area contributed by atoms with Gasteiger partial charge in [-0.05, 0) is 12.8 Å². The highest BCUT2D eigenvalue weighted by molar-refractivity contribution is 7.34. The van der Waals surface area contributed by atoms with E-state index in [-0.39, 0.29) is 6.29 Å². The van der Waals surface area contributed by atoms with Gasteiger partial charge in [-0.25, -0.2) is 0 Å². The second kappa shape index (κ2) is 11.5. The van der Waals surface area contributed by atoms with Crippen molar-refractivity contribution in [1.82, 2.24) is 5.32 Å². The van der Waals surface area contributed by atoms with Gasteiger partial charge in [0.25, 0.3) is 0 Å². The van der Waals surface area contributed by atoms with Gasteiger partial charge in [-0.1, -0.05) is 13.3 Å². The molecule has 0 saturated carbocycles. The molecule has 0 aromatic heterocycles. The number of hydrogen-bond acceptors (Lipinski definition) is 6. The molecule has 0 aromatic rings. The standard InChI is InChI=1S/C5H11O3P.C4H13N3/c1-2-3-4-5-7-9(6)8-5;5-1-3-7-4-2-6/h5,9H,2-4H2,1H3;7H,1-6H2. The van der Waals surface area contributed by atoms with Crippen molar-refractivity contribution in [2.45, 2.75) is 32.5 Å². The molecular weight excluding hydrogens is 229 g/mol. The minimum absolute atomic E-state index is 0.156. The third-order valence-electron chi connectivity index (χ3n) is 1.89. The highest BCUT2D eigenvalue weighted by Gasteiger charge is 2.25. The molecular formula is C9H24N3O3P. The first-order chi connectivity index (χ1) is 7.74. The topological polar surface area (TPSA) is 99.6 Å². The molecule has 0 amide bonds. The van der Waals surface area contributed by atoms with E-state index in [0.29, 0.717) is 13.1 Å². The molecule has 98 valence electrons. The molecule has 0 aliphatic carbocycles. The number of rotatable bonds is 7. The van der Waals surface area contributed by atoms with E-state index in [9.17, 15) is 4.57 Å². The van der Waals surface area contributed by atoms with Crippen molar-refractivity contribution in [1.29, 1.82) is 0 Å². The SMILES string of the molecule is CCCCC1O[PH](=O)O1.NCCNCCN. The van der Waals surface area contributed by atoms with Crippen LogP contribution in [0.3, 0.4) is 0 Å². The summed E-state index contributed by atoms with van der Waals surface area (Å²) in [5, 5.41) is 3.03. The van der Waals surface area contributed by atoms with Gasteiger partial charge in [-0.15, -0.1) is 0 Å². The monoisotopic (exact) mass is 253 g/mol. The van der Waals surface area contributed by atoms with Crippen LogP contribution in [-0.2, 0) is 13.6 Å². The normalized spacial score (nSPS) is 23.2. The zero-order valence-electron chi connectivity index (χ0n) is 9.91. The van der Waals surface area contributed by atoms with E-state index in [0.717, 1.165) is 32.4 Å². The van der Waals surface area contributed by atoms with Gasteiger partial charge >= 0.3 is 8.25 Å². The van der Waals surface area contributed by atoms with Crippen LogP contribution in [0.2, 0.25) is 0 Å². The van der Waals surface area contributed by atoms with Crippen molar-refractivity contribution in [2.24, 2.45) is 11.5 Å². The van der Waals surface area contributed by atoms with Gasteiger partial charge in [-0.3, -0.25) is 13.6 Å².